The SMILES string of the molecule is CC(C)CC(=O)Oc1ccccc1N. The topological polar surface area (TPSA) is 52.3 Å². The molecule has 0 aliphatic rings. The molecule has 2 N–H and O–H groups in total. The van der Waals surface area contributed by atoms with Crippen molar-refractivity contribution < 1.29 is 9.53 Å². The van der Waals surface area contributed by atoms with Crippen molar-refractivity contribution in [2.45, 2.75) is 20.3 Å². The summed E-state index contributed by atoms with van der Waals surface area (Å²) in [5.41, 5.74) is 6.11. The van der Waals surface area contributed by atoms with Gasteiger partial charge in [-0.2, -0.15) is 0 Å². The fraction of sp³-hybridized carbons (Fsp3) is 0.364. The minimum Gasteiger partial charge on any atom is -0.424 e. The molecule has 0 unspecified atom stereocenters. The van der Waals surface area contributed by atoms with Gasteiger partial charge in [-0.15, -0.1) is 0 Å². The number of anilines is 1. The Morgan fingerprint density at radius 3 is 2.64 bits per heavy atom. The van der Waals surface area contributed by atoms with Crippen LogP contribution in [0.3, 0.4) is 0 Å². The Morgan fingerprint density at radius 1 is 1.43 bits per heavy atom. The minimum absolute atomic E-state index is 0.238. The summed E-state index contributed by atoms with van der Waals surface area (Å²) in [5.74, 6) is 0.503. The maximum Gasteiger partial charge on any atom is 0.311 e. The van der Waals surface area contributed by atoms with Crippen LogP contribution in [0.25, 0.3) is 0 Å². The molecule has 0 fully saturated rings. The van der Waals surface area contributed by atoms with Gasteiger partial charge in [-0.25, -0.2) is 0 Å². The van der Waals surface area contributed by atoms with E-state index in [2.05, 4.69) is 0 Å². The van der Waals surface area contributed by atoms with Crippen molar-refractivity contribution in [1.29, 1.82) is 0 Å². The number of benzene rings is 1. The number of ether oxygens (including phenoxy) is 1. The Hall–Kier alpha value is -1.51. The van der Waals surface area contributed by atoms with Crippen LogP contribution in [-0.4, -0.2) is 5.97 Å². The summed E-state index contributed by atoms with van der Waals surface area (Å²) in [6, 6.07) is 6.98. The number of hydrogen-bond acceptors (Lipinski definition) is 3. The van der Waals surface area contributed by atoms with Crippen LogP contribution in [0.15, 0.2) is 24.3 Å². The number of esters is 1. The van der Waals surface area contributed by atoms with Crippen molar-refractivity contribution in [1.82, 2.24) is 0 Å². The molecule has 3 heteroatoms. The lowest BCUT2D eigenvalue weighted by Gasteiger charge is -2.07. The van der Waals surface area contributed by atoms with Gasteiger partial charge in [0.05, 0.1) is 5.69 Å². The van der Waals surface area contributed by atoms with Gasteiger partial charge in [0.1, 0.15) is 0 Å². The molecule has 0 atom stereocenters. The molecule has 0 aliphatic carbocycles. The van der Waals surface area contributed by atoms with Crippen LogP contribution in [0.1, 0.15) is 20.3 Å². The van der Waals surface area contributed by atoms with Gasteiger partial charge < -0.3 is 10.5 Å². The molecule has 0 aliphatic heterocycles. The van der Waals surface area contributed by atoms with Gasteiger partial charge in [0.15, 0.2) is 5.75 Å². The first kappa shape index (κ1) is 10.6. The lowest BCUT2D eigenvalue weighted by molar-refractivity contribution is -0.135. The molecule has 0 bridgehead atoms. The van der Waals surface area contributed by atoms with Crippen LogP contribution in [0.5, 0.6) is 5.75 Å². The van der Waals surface area contributed by atoms with Crippen LogP contribution >= 0.6 is 0 Å². The summed E-state index contributed by atoms with van der Waals surface area (Å²) < 4.78 is 5.09. The Bertz CT molecular complexity index is 321. The van der Waals surface area contributed by atoms with Crippen molar-refractivity contribution >= 4 is 11.7 Å². The largest absolute Gasteiger partial charge is 0.424 e. The molecule has 0 heterocycles. The van der Waals surface area contributed by atoms with E-state index in [1.54, 1.807) is 24.3 Å². The van der Waals surface area contributed by atoms with Gasteiger partial charge in [-0.1, -0.05) is 26.0 Å². The number of nitrogen functional groups attached to an aromatic ring is 1. The zero-order valence-electron chi connectivity index (χ0n) is 8.49. The van der Waals surface area contributed by atoms with Gasteiger partial charge in [0, 0.05) is 6.42 Å². The standard InChI is InChI=1S/C11H15NO2/c1-8(2)7-11(13)14-10-6-4-3-5-9(10)12/h3-6,8H,7,12H2,1-2H3. The molecule has 0 amide bonds. The smallest absolute Gasteiger partial charge is 0.311 e. The van der Waals surface area contributed by atoms with Crippen molar-refractivity contribution in [3.05, 3.63) is 24.3 Å². The predicted octanol–water partition coefficient (Wildman–Crippen LogP) is 2.22. The van der Waals surface area contributed by atoms with E-state index in [1.165, 1.54) is 0 Å². The predicted molar refractivity (Wildman–Crippen MR) is 55.9 cm³/mol. The highest BCUT2D eigenvalue weighted by atomic mass is 16.5. The van der Waals surface area contributed by atoms with E-state index >= 15 is 0 Å². The molecule has 0 saturated heterocycles. The van der Waals surface area contributed by atoms with E-state index in [9.17, 15) is 4.79 Å². The fourth-order valence-electron chi connectivity index (χ4n) is 1.07. The highest BCUT2D eigenvalue weighted by Gasteiger charge is 2.08. The molecular weight excluding hydrogens is 178 g/mol. The summed E-state index contributed by atoms with van der Waals surface area (Å²) in [6.45, 7) is 3.94. The van der Waals surface area contributed by atoms with Crippen molar-refractivity contribution in [3.63, 3.8) is 0 Å². The number of carbonyl (C=O) groups is 1. The molecule has 0 spiro atoms. The van der Waals surface area contributed by atoms with Crippen LogP contribution in [0, 0.1) is 5.92 Å². The maximum absolute atomic E-state index is 11.3. The Morgan fingerprint density at radius 2 is 2.07 bits per heavy atom. The first-order valence-electron chi connectivity index (χ1n) is 4.64. The third kappa shape index (κ3) is 3.09. The molecule has 76 valence electrons. The van der Waals surface area contributed by atoms with Crippen molar-refractivity contribution in [2.24, 2.45) is 5.92 Å². The summed E-state index contributed by atoms with van der Waals surface area (Å²) >= 11 is 0. The summed E-state index contributed by atoms with van der Waals surface area (Å²) in [5, 5.41) is 0. The normalized spacial score (nSPS) is 10.2. The number of hydrogen-bond donors (Lipinski definition) is 1. The second-order valence-electron chi connectivity index (χ2n) is 3.61. The highest BCUT2D eigenvalue weighted by Crippen LogP contribution is 2.20. The number of nitrogens with two attached hydrogens (primary N) is 1. The Labute approximate surface area is 83.9 Å². The molecule has 1 aromatic carbocycles. The number of para-hydroxylation sites is 2. The van der Waals surface area contributed by atoms with E-state index in [0.717, 1.165) is 0 Å². The summed E-state index contributed by atoms with van der Waals surface area (Å²) in [4.78, 5) is 11.3. The van der Waals surface area contributed by atoms with Crippen molar-refractivity contribution in [2.75, 3.05) is 5.73 Å². The number of carbonyl (C=O) groups excluding carboxylic acids is 1. The van der Waals surface area contributed by atoms with Gasteiger partial charge in [-0.3, -0.25) is 4.79 Å². The second-order valence-corrected chi connectivity index (χ2v) is 3.61. The first-order valence-corrected chi connectivity index (χ1v) is 4.64. The molecule has 1 aromatic rings. The lowest BCUT2D eigenvalue weighted by Crippen LogP contribution is -2.11. The lowest BCUT2D eigenvalue weighted by atomic mass is 10.1. The Kier molecular flexibility index (Phi) is 3.51. The third-order valence-electron chi connectivity index (χ3n) is 1.72. The average Bonchev–Trinajstić information content (AvgIpc) is 2.07. The molecule has 3 nitrogen and oxygen atoms in total. The molecule has 14 heavy (non-hydrogen) atoms. The summed E-state index contributed by atoms with van der Waals surface area (Å²) in [6.07, 6.45) is 0.411. The molecule has 0 saturated carbocycles. The van der Waals surface area contributed by atoms with Gasteiger partial charge in [0.25, 0.3) is 0 Å². The maximum atomic E-state index is 11.3. The van der Waals surface area contributed by atoms with Crippen LogP contribution < -0.4 is 10.5 Å². The average molecular weight is 193 g/mol. The fourth-order valence-corrected chi connectivity index (χ4v) is 1.07. The molecule has 0 aromatic heterocycles. The summed E-state index contributed by atoms with van der Waals surface area (Å²) in [7, 11) is 0. The quantitative estimate of drug-likeness (QED) is 0.455. The zero-order chi connectivity index (χ0) is 10.6. The third-order valence-corrected chi connectivity index (χ3v) is 1.72. The van der Waals surface area contributed by atoms with Crippen LogP contribution in [-0.2, 0) is 4.79 Å². The molecular formula is C11H15NO2. The minimum atomic E-state index is -0.238. The van der Waals surface area contributed by atoms with Crippen LogP contribution in [0.4, 0.5) is 5.69 Å². The Balaban J connectivity index is 2.61. The highest BCUT2D eigenvalue weighted by molar-refractivity contribution is 5.74. The van der Waals surface area contributed by atoms with E-state index in [-0.39, 0.29) is 5.97 Å². The van der Waals surface area contributed by atoms with Gasteiger partial charge >= 0.3 is 5.97 Å². The monoisotopic (exact) mass is 193 g/mol. The van der Waals surface area contributed by atoms with E-state index < -0.39 is 0 Å². The first-order chi connectivity index (χ1) is 6.59. The second kappa shape index (κ2) is 4.65. The molecule has 1 rings (SSSR count). The van der Waals surface area contributed by atoms with Crippen LogP contribution in [0.2, 0.25) is 0 Å². The zero-order valence-corrected chi connectivity index (χ0v) is 8.49. The van der Waals surface area contributed by atoms with E-state index in [1.807, 2.05) is 13.8 Å². The molecule has 0 radical (unpaired) electrons. The van der Waals surface area contributed by atoms with Gasteiger partial charge in [-0.05, 0) is 18.1 Å². The van der Waals surface area contributed by atoms with E-state index in [0.29, 0.717) is 23.8 Å². The van der Waals surface area contributed by atoms with Crippen molar-refractivity contribution in [3.8, 4) is 5.75 Å². The number of rotatable bonds is 3. The van der Waals surface area contributed by atoms with Gasteiger partial charge in [0.2, 0.25) is 0 Å². The van der Waals surface area contributed by atoms with E-state index in [4.69, 9.17) is 10.5 Å².